The van der Waals surface area contributed by atoms with Gasteiger partial charge in [0.2, 0.25) is 5.16 Å². The van der Waals surface area contributed by atoms with Crippen LogP contribution in [0.3, 0.4) is 0 Å². The van der Waals surface area contributed by atoms with Gasteiger partial charge < -0.3 is 9.64 Å². The average molecular weight is 801 g/mol. The van der Waals surface area contributed by atoms with E-state index in [0.717, 1.165) is 33.9 Å². The quantitative estimate of drug-likeness (QED) is 0.111. The molecule has 4 aromatic carbocycles. The number of methoxy groups -OCH3 is 1. The van der Waals surface area contributed by atoms with Gasteiger partial charge in [-0.2, -0.15) is 0 Å². The zero-order chi connectivity index (χ0) is 38.3. The highest BCUT2D eigenvalue weighted by Crippen LogP contribution is 2.41. The predicted molar refractivity (Wildman–Crippen MR) is 211 cm³/mol. The second-order valence-corrected chi connectivity index (χ2v) is 15.0. The molecule has 1 aliphatic rings. The Morgan fingerprint density at radius 3 is 2.61 bits per heavy atom. The number of carbonyl (C=O) groups is 1. The number of carbonyl (C=O) groups excluding carboxylic acids is 1. The zero-order valence-electron chi connectivity index (χ0n) is 29.3. The summed E-state index contributed by atoms with van der Waals surface area (Å²) in [4.78, 5) is 52.2. The van der Waals surface area contributed by atoms with Crippen molar-refractivity contribution >= 4 is 74.7 Å². The number of hydrogen-bond acceptors (Lipinski definition) is 10. The Bertz CT molecular complexity index is 2700. The topological polar surface area (TPSA) is 149 Å². The molecule has 0 aliphatic carbocycles. The number of nitro groups is 1. The first-order valence-corrected chi connectivity index (χ1v) is 19.1. The summed E-state index contributed by atoms with van der Waals surface area (Å²) in [5, 5.41) is 22.2. The van der Waals surface area contributed by atoms with Crippen LogP contribution < -0.4 is 19.6 Å². The highest BCUT2D eigenvalue weighted by Gasteiger charge is 2.36. The number of nitro benzene ring substituents is 1. The maximum atomic E-state index is 14.5. The number of thiazole rings is 1. The molecule has 1 atom stereocenters. The summed E-state index contributed by atoms with van der Waals surface area (Å²) in [6, 6.07) is 20.3. The van der Waals surface area contributed by atoms with Gasteiger partial charge in [-0.25, -0.2) is 9.98 Å². The molecule has 1 amide bonds. The van der Waals surface area contributed by atoms with Crippen LogP contribution in [0.15, 0.2) is 104 Å². The molecule has 0 radical (unpaired) electrons. The molecule has 0 saturated carbocycles. The van der Waals surface area contributed by atoms with Crippen LogP contribution in [-0.4, -0.2) is 55.7 Å². The molecular formula is C38H31Cl2N7O5S2. The van der Waals surface area contributed by atoms with Crippen molar-refractivity contribution in [3.63, 3.8) is 0 Å². The third kappa shape index (κ3) is 6.81. The van der Waals surface area contributed by atoms with E-state index in [1.807, 2.05) is 50.2 Å². The van der Waals surface area contributed by atoms with Crippen molar-refractivity contribution in [2.45, 2.75) is 36.9 Å². The lowest BCUT2D eigenvalue weighted by Crippen LogP contribution is -2.43. The fraction of sp³-hybridized carbons (Fsp3) is 0.184. The molecule has 3 heterocycles. The van der Waals surface area contributed by atoms with Crippen molar-refractivity contribution in [2.75, 3.05) is 20.2 Å². The predicted octanol–water partition coefficient (Wildman–Crippen LogP) is 7.42. The fourth-order valence-corrected chi connectivity index (χ4v) is 8.83. The first kappa shape index (κ1) is 37.1. The summed E-state index contributed by atoms with van der Waals surface area (Å²) >= 11 is 14.5. The molecule has 1 aliphatic heterocycles. The molecule has 6 aromatic rings. The van der Waals surface area contributed by atoms with Crippen LogP contribution in [0.5, 0.6) is 5.75 Å². The van der Waals surface area contributed by atoms with Crippen LogP contribution in [-0.2, 0) is 4.79 Å². The van der Waals surface area contributed by atoms with Crippen LogP contribution in [0.1, 0.15) is 37.9 Å². The van der Waals surface area contributed by atoms with E-state index in [1.54, 1.807) is 55.3 Å². The lowest BCUT2D eigenvalue weighted by Gasteiger charge is -2.30. The summed E-state index contributed by atoms with van der Waals surface area (Å²) in [6.45, 7) is 6.53. The molecule has 12 nitrogen and oxygen atoms in total. The number of rotatable bonds is 10. The number of nitrogens with zero attached hydrogens (tertiary/aromatic N) is 6. The van der Waals surface area contributed by atoms with E-state index in [1.165, 1.54) is 10.6 Å². The van der Waals surface area contributed by atoms with Crippen molar-refractivity contribution in [1.82, 2.24) is 24.6 Å². The normalized spacial score (nSPS) is 14.3. The van der Waals surface area contributed by atoms with Crippen molar-refractivity contribution in [2.24, 2.45) is 4.99 Å². The lowest BCUT2D eigenvalue weighted by atomic mass is 9.90. The number of ether oxygens (including phenoxy) is 1. The third-order valence-corrected chi connectivity index (χ3v) is 11.5. The van der Waals surface area contributed by atoms with Crippen LogP contribution >= 0.6 is 46.3 Å². The Balaban J connectivity index is 1.33. The number of halogens is 2. The number of allylic oxidation sites excluding steroid dienone is 1. The zero-order valence-corrected chi connectivity index (χ0v) is 32.4. The molecule has 16 heteroatoms. The SMILES string of the molecule is CCN(CC)C(=O)C1=C(C)N=c2s/c(=C\c3ccc(Sc4n[nH]c(-c5ccc(Cl)cc5Cl)n4)c([N+](=O)[O-])c3)c(=O)n2[C@@H]1c1c(OC)ccc2ccccc12. The van der Waals surface area contributed by atoms with Crippen molar-refractivity contribution in [1.29, 1.82) is 0 Å². The summed E-state index contributed by atoms with van der Waals surface area (Å²) < 4.78 is 7.70. The van der Waals surface area contributed by atoms with Crippen molar-refractivity contribution < 1.29 is 14.5 Å². The van der Waals surface area contributed by atoms with Crippen LogP contribution in [0.25, 0.3) is 28.2 Å². The molecule has 0 fully saturated rings. The summed E-state index contributed by atoms with van der Waals surface area (Å²) in [5.41, 5.74) is 1.94. The molecular weight excluding hydrogens is 770 g/mol. The van der Waals surface area contributed by atoms with Crippen LogP contribution in [0.2, 0.25) is 10.0 Å². The number of aromatic nitrogens is 4. The molecule has 0 bridgehead atoms. The van der Waals surface area contributed by atoms with Gasteiger partial charge in [-0.15, -0.1) is 5.10 Å². The Morgan fingerprint density at radius 2 is 1.89 bits per heavy atom. The van der Waals surface area contributed by atoms with Gasteiger partial charge in [0.15, 0.2) is 10.6 Å². The Hall–Kier alpha value is -5.28. The number of hydrogen-bond donors (Lipinski definition) is 1. The van der Waals surface area contributed by atoms with E-state index < -0.39 is 16.5 Å². The highest BCUT2D eigenvalue weighted by atomic mass is 35.5. The van der Waals surface area contributed by atoms with Crippen LogP contribution in [0, 0.1) is 10.1 Å². The molecule has 7 rings (SSSR count). The van der Waals surface area contributed by atoms with Gasteiger partial charge in [0.25, 0.3) is 17.2 Å². The van der Waals surface area contributed by atoms with Gasteiger partial charge in [-0.1, -0.05) is 70.9 Å². The van der Waals surface area contributed by atoms with Gasteiger partial charge in [-0.05, 0) is 85.3 Å². The van der Waals surface area contributed by atoms with Gasteiger partial charge in [0.05, 0.1) is 37.8 Å². The number of H-pyrrole nitrogens is 1. The van der Waals surface area contributed by atoms with E-state index in [4.69, 9.17) is 32.9 Å². The standard InChI is InChI=1S/C38H31Cl2N7O5S2/c1-5-45(6-2)36(49)31-20(3)41-38-46(33(31)32-24-10-8-7-9-22(24)12-15-28(32)52-4)35(48)30(54-38)18-21-11-16-29(27(17-21)47(50)51)53-37-42-34(43-44-37)25-14-13-23(39)19-26(25)40/h7-19,33H,5-6H2,1-4H3,(H,42,43,44)/b30-18-/t33-/m0/s1. The monoisotopic (exact) mass is 799 g/mol. The third-order valence-electron chi connectivity index (χ3n) is 9.06. The van der Waals surface area contributed by atoms with Crippen LogP contribution in [0.4, 0.5) is 5.69 Å². The molecule has 0 unspecified atom stereocenters. The smallest absolute Gasteiger partial charge is 0.283 e. The van der Waals surface area contributed by atoms with Gasteiger partial charge in [0, 0.05) is 35.3 Å². The second-order valence-electron chi connectivity index (χ2n) is 12.1. The van der Waals surface area contributed by atoms with Gasteiger partial charge in [0.1, 0.15) is 11.8 Å². The first-order valence-electron chi connectivity index (χ1n) is 16.7. The van der Waals surface area contributed by atoms with Gasteiger partial charge in [-0.3, -0.25) is 29.4 Å². The van der Waals surface area contributed by atoms with Gasteiger partial charge >= 0.3 is 0 Å². The maximum absolute atomic E-state index is 14.5. The number of aromatic amines is 1. The minimum atomic E-state index is -0.861. The summed E-state index contributed by atoms with van der Waals surface area (Å²) in [5.74, 6) is 0.672. The van der Waals surface area contributed by atoms with Crippen molar-refractivity contribution in [3.8, 4) is 17.1 Å². The number of likely N-dealkylation sites (N-methyl/N-ethyl adjacent to an activating group) is 1. The summed E-state index contributed by atoms with van der Waals surface area (Å²) in [7, 11) is 1.56. The first-order chi connectivity index (χ1) is 26.0. The number of amides is 1. The van der Waals surface area contributed by atoms with E-state index in [2.05, 4.69) is 15.2 Å². The average Bonchev–Trinajstić information content (AvgIpc) is 3.74. The molecule has 274 valence electrons. The Morgan fingerprint density at radius 1 is 1.11 bits per heavy atom. The molecule has 54 heavy (non-hydrogen) atoms. The maximum Gasteiger partial charge on any atom is 0.283 e. The minimum Gasteiger partial charge on any atom is -0.496 e. The largest absolute Gasteiger partial charge is 0.496 e. The van der Waals surface area contributed by atoms with E-state index in [0.29, 0.717) is 72.4 Å². The Labute approximate surface area is 326 Å². The van der Waals surface area contributed by atoms with E-state index in [9.17, 15) is 19.7 Å². The fourth-order valence-electron chi connectivity index (χ4n) is 6.48. The number of fused-ring (bicyclic) bond motifs is 2. The molecule has 0 saturated heterocycles. The second kappa shape index (κ2) is 15.2. The van der Waals surface area contributed by atoms with E-state index >= 15 is 0 Å². The number of nitrogens with one attached hydrogen (secondary N) is 1. The minimum absolute atomic E-state index is 0.196. The molecule has 0 spiro atoms. The number of benzene rings is 4. The Kier molecular flexibility index (Phi) is 10.4. The van der Waals surface area contributed by atoms with Crippen molar-refractivity contribution in [3.05, 3.63) is 135 Å². The summed E-state index contributed by atoms with van der Waals surface area (Å²) in [6.07, 6.45) is 1.60. The lowest BCUT2D eigenvalue weighted by molar-refractivity contribution is -0.387. The molecule has 2 aromatic heterocycles. The van der Waals surface area contributed by atoms with E-state index in [-0.39, 0.29) is 21.3 Å². The molecule has 1 N–H and O–H groups in total. The highest BCUT2D eigenvalue weighted by molar-refractivity contribution is 7.99.